The number of hydrogen-bond donors (Lipinski definition) is 0. The summed E-state index contributed by atoms with van der Waals surface area (Å²) < 4.78 is 0. The van der Waals surface area contributed by atoms with Crippen molar-refractivity contribution in [2.75, 3.05) is 0 Å². The fraction of sp³-hybridized carbons (Fsp3) is 0.375. The minimum absolute atomic E-state index is 0.357. The molecule has 1 aliphatic carbocycles. The van der Waals surface area contributed by atoms with Gasteiger partial charge in [0.05, 0.1) is 0 Å². The van der Waals surface area contributed by atoms with Gasteiger partial charge in [-0.15, -0.1) is 0 Å². The van der Waals surface area contributed by atoms with Crippen molar-refractivity contribution in [2.24, 2.45) is 5.41 Å². The Hall–Kier alpha value is -1.30. The van der Waals surface area contributed by atoms with Crippen molar-refractivity contribution in [2.45, 2.75) is 33.1 Å². The fourth-order valence-corrected chi connectivity index (χ4v) is 2.68. The molecule has 0 spiro atoms. The Kier molecular flexibility index (Phi) is 3.28. The van der Waals surface area contributed by atoms with Crippen molar-refractivity contribution < 1.29 is 0 Å². The molecule has 0 bridgehead atoms. The molecule has 84 valence electrons. The summed E-state index contributed by atoms with van der Waals surface area (Å²) in [5.74, 6) is 0. The van der Waals surface area contributed by atoms with Crippen LogP contribution >= 0.6 is 0 Å². The molecule has 0 atom stereocenters. The van der Waals surface area contributed by atoms with Crippen LogP contribution in [0.3, 0.4) is 0 Å². The first-order chi connectivity index (χ1) is 7.82. The van der Waals surface area contributed by atoms with Crippen LogP contribution in [0.25, 0.3) is 5.57 Å². The van der Waals surface area contributed by atoms with Crippen LogP contribution in [0.5, 0.6) is 0 Å². The molecule has 0 heterocycles. The Bertz CT molecular complexity index is 391. The lowest BCUT2D eigenvalue weighted by Gasteiger charge is -2.36. The molecule has 0 aromatic heterocycles. The molecular weight excluding hydrogens is 192 g/mol. The highest BCUT2D eigenvalue weighted by molar-refractivity contribution is 5.73. The first-order valence-electron chi connectivity index (χ1n) is 6.25. The van der Waals surface area contributed by atoms with Gasteiger partial charge in [0.25, 0.3) is 0 Å². The summed E-state index contributed by atoms with van der Waals surface area (Å²) >= 11 is 0. The van der Waals surface area contributed by atoms with Gasteiger partial charge in [0.2, 0.25) is 0 Å². The van der Waals surface area contributed by atoms with E-state index in [9.17, 15) is 0 Å². The summed E-state index contributed by atoms with van der Waals surface area (Å²) in [6, 6.07) is 10.8. The Labute approximate surface area is 98.7 Å². The zero-order valence-electron chi connectivity index (χ0n) is 10.2. The lowest BCUT2D eigenvalue weighted by atomic mass is 9.68. The molecule has 2 rings (SSSR count). The minimum atomic E-state index is 0.357. The van der Waals surface area contributed by atoms with E-state index in [4.69, 9.17) is 0 Å². The van der Waals surface area contributed by atoms with E-state index in [1.165, 1.54) is 30.4 Å². The summed E-state index contributed by atoms with van der Waals surface area (Å²) in [4.78, 5) is 0. The second-order valence-electron chi connectivity index (χ2n) is 4.57. The van der Waals surface area contributed by atoms with Crippen molar-refractivity contribution in [3.8, 4) is 0 Å². The van der Waals surface area contributed by atoms with Crippen LogP contribution in [0.1, 0.15) is 38.7 Å². The van der Waals surface area contributed by atoms with E-state index in [1.54, 1.807) is 0 Å². The largest absolute Gasteiger partial charge is 0.0836 e. The van der Waals surface area contributed by atoms with Gasteiger partial charge >= 0.3 is 0 Å². The van der Waals surface area contributed by atoms with Crippen LogP contribution < -0.4 is 0 Å². The smallest absolute Gasteiger partial charge is 0.00117 e. The van der Waals surface area contributed by atoms with Crippen LogP contribution in [0.2, 0.25) is 0 Å². The van der Waals surface area contributed by atoms with Gasteiger partial charge in [-0.3, -0.25) is 0 Å². The molecule has 0 unspecified atom stereocenters. The zero-order valence-corrected chi connectivity index (χ0v) is 10.2. The number of hydrogen-bond acceptors (Lipinski definition) is 0. The Balaban J connectivity index is 2.44. The number of rotatable bonds is 3. The summed E-state index contributed by atoms with van der Waals surface area (Å²) in [5, 5.41) is 0. The van der Waals surface area contributed by atoms with Gasteiger partial charge in [0.15, 0.2) is 0 Å². The van der Waals surface area contributed by atoms with Crippen LogP contribution in [0, 0.1) is 5.41 Å². The van der Waals surface area contributed by atoms with Gasteiger partial charge in [-0.1, -0.05) is 62.4 Å². The van der Waals surface area contributed by atoms with Gasteiger partial charge in [-0.2, -0.15) is 0 Å². The normalized spacial score (nSPS) is 18.2. The van der Waals surface area contributed by atoms with Crippen molar-refractivity contribution in [1.82, 2.24) is 0 Å². The van der Waals surface area contributed by atoms with E-state index in [2.05, 4.69) is 62.4 Å². The third-order valence-corrected chi connectivity index (χ3v) is 3.92. The van der Waals surface area contributed by atoms with E-state index >= 15 is 0 Å². The molecule has 0 nitrogen and oxygen atoms in total. The minimum Gasteiger partial charge on any atom is -0.0836 e. The monoisotopic (exact) mass is 212 g/mol. The molecule has 1 aliphatic rings. The average Bonchev–Trinajstić information content (AvgIpc) is 2.39. The predicted octanol–water partition coefficient (Wildman–Crippen LogP) is 4.84. The molecule has 0 fully saturated rings. The molecule has 16 heavy (non-hydrogen) atoms. The van der Waals surface area contributed by atoms with Gasteiger partial charge in [-0.05, 0) is 35.8 Å². The van der Waals surface area contributed by atoms with E-state index in [-0.39, 0.29) is 0 Å². The summed E-state index contributed by atoms with van der Waals surface area (Å²) in [6.07, 6.45) is 10.4. The molecule has 0 saturated carbocycles. The first-order valence-corrected chi connectivity index (χ1v) is 6.25. The van der Waals surface area contributed by atoms with E-state index in [0.29, 0.717) is 5.41 Å². The van der Waals surface area contributed by atoms with Crippen LogP contribution in [-0.4, -0.2) is 0 Å². The van der Waals surface area contributed by atoms with Gasteiger partial charge in [0.1, 0.15) is 0 Å². The average molecular weight is 212 g/mol. The predicted molar refractivity (Wildman–Crippen MR) is 71.2 cm³/mol. The van der Waals surface area contributed by atoms with Crippen molar-refractivity contribution in [3.63, 3.8) is 0 Å². The van der Waals surface area contributed by atoms with Crippen LogP contribution in [0.4, 0.5) is 0 Å². The quantitative estimate of drug-likeness (QED) is 0.672. The summed E-state index contributed by atoms with van der Waals surface area (Å²) in [6.45, 7) is 4.61. The Morgan fingerprint density at radius 1 is 1.06 bits per heavy atom. The molecule has 0 amide bonds. The Morgan fingerprint density at radius 2 is 1.75 bits per heavy atom. The van der Waals surface area contributed by atoms with E-state index in [0.717, 1.165) is 0 Å². The highest BCUT2D eigenvalue weighted by Crippen LogP contribution is 2.46. The van der Waals surface area contributed by atoms with Crippen molar-refractivity contribution in [3.05, 3.63) is 54.1 Å². The molecule has 0 radical (unpaired) electrons. The van der Waals surface area contributed by atoms with Crippen LogP contribution in [0.15, 0.2) is 48.6 Å². The molecule has 0 heteroatoms. The highest BCUT2D eigenvalue weighted by atomic mass is 14.3. The van der Waals surface area contributed by atoms with Crippen molar-refractivity contribution in [1.29, 1.82) is 0 Å². The second-order valence-corrected chi connectivity index (χ2v) is 4.57. The third kappa shape index (κ3) is 1.84. The third-order valence-electron chi connectivity index (χ3n) is 3.92. The number of allylic oxidation sites excluding steroid dienone is 4. The zero-order chi connectivity index (χ0) is 11.4. The highest BCUT2D eigenvalue weighted by Gasteiger charge is 2.31. The van der Waals surface area contributed by atoms with E-state index in [1.807, 2.05) is 0 Å². The molecule has 0 saturated heterocycles. The van der Waals surface area contributed by atoms with Crippen LogP contribution in [-0.2, 0) is 0 Å². The van der Waals surface area contributed by atoms with Gasteiger partial charge < -0.3 is 0 Å². The van der Waals surface area contributed by atoms with Gasteiger partial charge in [0, 0.05) is 0 Å². The Morgan fingerprint density at radius 3 is 2.38 bits per heavy atom. The SMILES string of the molecule is CCC1(CC)CC=CC=C1c1ccccc1. The summed E-state index contributed by atoms with van der Waals surface area (Å²) in [5.41, 5.74) is 3.26. The molecular formula is C16H20. The van der Waals surface area contributed by atoms with E-state index < -0.39 is 0 Å². The van der Waals surface area contributed by atoms with Gasteiger partial charge in [-0.25, -0.2) is 0 Å². The molecule has 0 N–H and O–H groups in total. The lowest BCUT2D eigenvalue weighted by Crippen LogP contribution is -2.21. The topological polar surface area (TPSA) is 0 Å². The maximum absolute atomic E-state index is 2.30. The lowest BCUT2D eigenvalue weighted by molar-refractivity contribution is 0.372. The number of benzene rings is 1. The second kappa shape index (κ2) is 4.69. The first kappa shape index (κ1) is 11.2. The maximum atomic E-state index is 2.30. The molecule has 1 aromatic carbocycles. The molecule has 0 aliphatic heterocycles. The van der Waals surface area contributed by atoms with Crippen molar-refractivity contribution >= 4 is 5.57 Å². The standard InChI is InChI=1S/C16H20/c1-3-16(4-2)13-9-8-12-15(16)14-10-6-5-7-11-14/h5-12H,3-4,13H2,1-2H3. The summed E-state index contributed by atoms with van der Waals surface area (Å²) in [7, 11) is 0. The maximum Gasteiger partial charge on any atom is -0.00117 e. The molecule has 1 aromatic rings. The fourth-order valence-electron chi connectivity index (χ4n) is 2.68.